The van der Waals surface area contributed by atoms with E-state index in [0.29, 0.717) is 0 Å². The minimum atomic E-state index is 1.23. The Morgan fingerprint density at radius 3 is 2.05 bits per heavy atom. The molecule has 92 valence electrons. The first-order valence-corrected chi connectivity index (χ1v) is 7.12. The second-order valence-corrected chi connectivity index (χ2v) is 5.43. The van der Waals surface area contributed by atoms with Gasteiger partial charge in [0.25, 0.3) is 0 Å². The van der Waals surface area contributed by atoms with Crippen LogP contribution in [0.1, 0.15) is 10.4 Å². The fraction of sp³-hybridized carbons (Fsp3) is 0. The Balaban J connectivity index is 1.81. The quantitative estimate of drug-likeness (QED) is 0.577. The molecule has 0 radical (unpaired) electrons. The molecule has 1 heterocycles. The molecule has 0 amide bonds. The van der Waals surface area contributed by atoms with Gasteiger partial charge in [-0.15, -0.1) is 11.3 Å². The van der Waals surface area contributed by atoms with Gasteiger partial charge in [0.2, 0.25) is 0 Å². The van der Waals surface area contributed by atoms with Crippen LogP contribution in [0, 0.1) is 0 Å². The van der Waals surface area contributed by atoms with E-state index >= 15 is 0 Å². The van der Waals surface area contributed by atoms with Gasteiger partial charge in [-0.05, 0) is 29.3 Å². The maximum Gasteiger partial charge on any atom is 0.0349 e. The van der Waals surface area contributed by atoms with Crippen LogP contribution in [0.4, 0.5) is 0 Å². The van der Waals surface area contributed by atoms with Gasteiger partial charge in [0.1, 0.15) is 0 Å². The predicted octanol–water partition coefficient (Wildman–Crippen LogP) is 5.59. The van der Waals surface area contributed by atoms with Gasteiger partial charge in [-0.3, -0.25) is 0 Å². The topological polar surface area (TPSA) is 0 Å². The molecule has 1 heteroatoms. The summed E-state index contributed by atoms with van der Waals surface area (Å²) >= 11 is 1.82. The molecule has 0 fully saturated rings. The molecule has 0 aliphatic carbocycles. The van der Waals surface area contributed by atoms with Crippen molar-refractivity contribution in [3.05, 3.63) is 83.2 Å². The Labute approximate surface area is 117 Å². The van der Waals surface area contributed by atoms with Gasteiger partial charge in [0.05, 0.1) is 0 Å². The summed E-state index contributed by atoms with van der Waals surface area (Å²) in [6, 6.07) is 25.2. The van der Waals surface area contributed by atoms with Crippen LogP contribution in [-0.2, 0) is 0 Å². The Hall–Kier alpha value is -2.12. The molecular formula is C18H14S. The van der Waals surface area contributed by atoms with Crippen molar-refractivity contribution < 1.29 is 0 Å². The molecule has 2 aromatic carbocycles. The molecule has 3 rings (SSSR count). The fourth-order valence-corrected chi connectivity index (χ4v) is 2.86. The lowest BCUT2D eigenvalue weighted by Crippen LogP contribution is -1.68. The minimum absolute atomic E-state index is 1.23. The van der Waals surface area contributed by atoms with E-state index < -0.39 is 0 Å². The molecule has 0 nitrogen and oxygen atoms in total. The molecule has 3 aromatic rings. The second-order valence-electron chi connectivity index (χ2n) is 4.31. The zero-order valence-electron chi connectivity index (χ0n) is 10.5. The van der Waals surface area contributed by atoms with E-state index in [9.17, 15) is 0 Å². The van der Waals surface area contributed by atoms with Crippen molar-refractivity contribution in [2.24, 2.45) is 0 Å². The highest BCUT2D eigenvalue weighted by molar-refractivity contribution is 7.16. The third-order valence-corrected chi connectivity index (χ3v) is 4.02. The molecule has 0 bridgehead atoms. The van der Waals surface area contributed by atoms with Gasteiger partial charge in [-0.1, -0.05) is 66.7 Å². The van der Waals surface area contributed by atoms with Crippen LogP contribution in [0.5, 0.6) is 0 Å². The Morgan fingerprint density at radius 2 is 1.32 bits per heavy atom. The average molecular weight is 262 g/mol. The highest BCUT2D eigenvalue weighted by Gasteiger charge is 1.99. The Kier molecular flexibility index (Phi) is 3.57. The summed E-state index contributed by atoms with van der Waals surface area (Å²) in [6.07, 6.45) is 4.33. The van der Waals surface area contributed by atoms with E-state index in [0.717, 1.165) is 0 Å². The first kappa shape index (κ1) is 11.9. The van der Waals surface area contributed by atoms with Crippen LogP contribution < -0.4 is 0 Å². The molecule has 1 aromatic heterocycles. The van der Waals surface area contributed by atoms with Crippen molar-refractivity contribution >= 4 is 23.5 Å². The molecule has 19 heavy (non-hydrogen) atoms. The molecule has 0 aliphatic rings. The van der Waals surface area contributed by atoms with E-state index in [1.54, 1.807) is 0 Å². The van der Waals surface area contributed by atoms with Gasteiger partial charge in [-0.2, -0.15) is 0 Å². The van der Waals surface area contributed by atoms with Crippen LogP contribution in [0.2, 0.25) is 0 Å². The van der Waals surface area contributed by atoms with Crippen molar-refractivity contribution in [1.82, 2.24) is 0 Å². The molecule has 0 N–H and O–H groups in total. The summed E-state index contributed by atoms with van der Waals surface area (Å²) in [5.74, 6) is 0. The Bertz CT molecular complexity index is 663. The standard InChI is InChI=1S/C18H14S/c1-3-7-15(8-4-1)11-12-17-13-14-18(19-17)16-9-5-2-6-10-16/h1-14H. The number of benzene rings is 2. The second kappa shape index (κ2) is 5.68. The maximum absolute atomic E-state index is 2.19. The third kappa shape index (κ3) is 3.01. The molecular weight excluding hydrogens is 248 g/mol. The predicted molar refractivity (Wildman–Crippen MR) is 85.1 cm³/mol. The van der Waals surface area contributed by atoms with E-state index in [1.807, 2.05) is 23.5 Å². The van der Waals surface area contributed by atoms with Gasteiger partial charge >= 0.3 is 0 Å². The number of thiophene rings is 1. The lowest BCUT2D eigenvalue weighted by atomic mass is 10.2. The molecule has 0 aliphatic heterocycles. The summed E-state index contributed by atoms with van der Waals surface area (Å²) in [5.41, 5.74) is 2.52. The highest BCUT2D eigenvalue weighted by Crippen LogP contribution is 2.28. The van der Waals surface area contributed by atoms with Crippen LogP contribution in [0.15, 0.2) is 72.8 Å². The number of rotatable bonds is 3. The van der Waals surface area contributed by atoms with Crippen molar-refractivity contribution in [2.75, 3.05) is 0 Å². The summed E-state index contributed by atoms with van der Waals surface area (Å²) < 4.78 is 0. The molecule has 0 saturated heterocycles. The van der Waals surface area contributed by atoms with Crippen LogP contribution in [-0.4, -0.2) is 0 Å². The monoisotopic (exact) mass is 262 g/mol. The summed E-state index contributed by atoms with van der Waals surface area (Å²) in [5, 5.41) is 0. The molecule has 0 spiro atoms. The van der Waals surface area contributed by atoms with Crippen molar-refractivity contribution in [3.63, 3.8) is 0 Å². The largest absolute Gasteiger partial charge is 0.136 e. The third-order valence-electron chi connectivity index (χ3n) is 2.92. The highest BCUT2D eigenvalue weighted by atomic mass is 32.1. The minimum Gasteiger partial charge on any atom is -0.136 e. The van der Waals surface area contributed by atoms with Crippen molar-refractivity contribution in [1.29, 1.82) is 0 Å². The normalized spacial score (nSPS) is 10.9. The smallest absolute Gasteiger partial charge is 0.0349 e. The lowest BCUT2D eigenvalue weighted by molar-refractivity contribution is 1.67. The molecule has 0 saturated carbocycles. The SMILES string of the molecule is C(=Cc1ccc(-c2ccccc2)s1)c1ccccc1. The van der Waals surface area contributed by atoms with Gasteiger partial charge in [-0.25, -0.2) is 0 Å². The molecule has 0 atom stereocenters. The first-order chi connectivity index (χ1) is 9.42. The van der Waals surface area contributed by atoms with Crippen LogP contribution in [0.3, 0.4) is 0 Å². The fourth-order valence-electron chi connectivity index (χ4n) is 1.94. The van der Waals surface area contributed by atoms with E-state index in [-0.39, 0.29) is 0 Å². The summed E-state index contributed by atoms with van der Waals surface area (Å²) in [4.78, 5) is 2.59. The number of hydrogen-bond acceptors (Lipinski definition) is 1. The first-order valence-electron chi connectivity index (χ1n) is 6.30. The Morgan fingerprint density at radius 1 is 0.632 bits per heavy atom. The maximum atomic E-state index is 2.19. The molecule has 0 unspecified atom stereocenters. The van der Waals surface area contributed by atoms with Crippen molar-refractivity contribution in [2.45, 2.75) is 0 Å². The zero-order valence-corrected chi connectivity index (χ0v) is 11.3. The van der Waals surface area contributed by atoms with E-state index in [4.69, 9.17) is 0 Å². The average Bonchev–Trinajstić information content (AvgIpc) is 2.96. The summed E-state index contributed by atoms with van der Waals surface area (Å²) in [6.45, 7) is 0. The van der Waals surface area contributed by atoms with E-state index in [1.165, 1.54) is 20.9 Å². The van der Waals surface area contributed by atoms with Gasteiger partial charge in [0, 0.05) is 9.75 Å². The van der Waals surface area contributed by atoms with E-state index in [2.05, 4.69) is 72.8 Å². The number of hydrogen-bond donors (Lipinski definition) is 0. The lowest BCUT2D eigenvalue weighted by Gasteiger charge is -1.94. The van der Waals surface area contributed by atoms with Gasteiger partial charge < -0.3 is 0 Å². The van der Waals surface area contributed by atoms with Crippen molar-refractivity contribution in [3.8, 4) is 10.4 Å². The zero-order chi connectivity index (χ0) is 12.9. The summed E-state index contributed by atoms with van der Waals surface area (Å²) in [7, 11) is 0. The van der Waals surface area contributed by atoms with Crippen LogP contribution >= 0.6 is 11.3 Å². The van der Waals surface area contributed by atoms with Crippen LogP contribution in [0.25, 0.3) is 22.6 Å². The van der Waals surface area contributed by atoms with Gasteiger partial charge in [0.15, 0.2) is 0 Å².